The van der Waals surface area contributed by atoms with Gasteiger partial charge in [0.1, 0.15) is 12.0 Å². The van der Waals surface area contributed by atoms with Gasteiger partial charge in [-0.2, -0.15) is 0 Å². The lowest BCUT2D eigenvalue weighted by atomic mass is 10.0. The van der Waals surface area contributed by atoms with E-state index in [1.54, 1.807) is 13.0 Å². The van der Waals surface area contributed by atoms with Crippen molar-refractivity contribution in [3.8, 4) is 5.69 Å². The number of anilines is 2. The number of pyridine rings is 1. The Balaban J connectivity index is 2.31. The number of hydrogen-bond acceptors (Lipinski definition) is 6. The minimum atomic E-state index is -0.869. The number of benzene rings is 1. The Labute approximate surface area is 192 Å². The highest BCUT2D eigenvalue weighted by molar-refractivity contribution is 9.10. The predicted molar refractivity (Wildman–Crippen MR) is 125 cm³/mol. The van der Waals surface area contributed by atoms with Crippen LogP contribution in [0.4, 0.5) is 21.5 Å². The molecule has 0 spiro atoms. The van der Waals surface area contributed by atoms with Crippen LogP contribution in [0, 0.1) is 22.9 Å². The highest BCUT2D eigenvalue weighted by Gasteiger charge is 2.25. The van der Waals surface area contributed by atoms with Crippen LogP contribution in [0.3, 0.4) is 0 Å². The lowest BCUT2D eigenvalue weighted by Crippen LogP contribution is -2.26. The van der Waals surface area contributed by atoms with E-state index < -0.39 is 27.7 Å². The third-order valence-corrected chi connectivity index (χ3v) is 5.60. The van der Waals surface area contributed by atoms with Gasteiger partial charge in [-0.1, -0.05) is 33.8 Å². The topological polar surface area (TPSA) is 103 Å². The predicted octanol–water partition coefficient (Wildman–Crippen LogP) is 5.74. The monoisotopic (exact) mass is 503 g/mol. The van der Waals surface area contributed by atoms with Crippen molar-refractivity contribution < 1.29 is 9.31 Å². The van der Waals surface area contributed by atoms with Gasteiger partial charge in [0, 0.05) is 16.2 Å². The average Bonchev–Trinajstić information content (AvgIpc) is 2.71. The molecule has 32 heavy (non-hydrogen) atoms. The van der Waals surface area contributed by atoms with Crippen molar-refractivity contribution in [1.82, 2.24) is 14.5 Å². The molecule has 0 fully saturated rings. The number of hydrogen-bond donors (Lipinski definition) is 1. The fraction of sp³-hybridized carbons (Fsp3) is 0.318. The molecular formula is C22H23BrFN5O3. The minimum absolute atomic E-state index is 0.0390. The molecular weight excluding hydrogens is 481 g/mol. The number of aromatic nitrogens is 3. The maximum Gasteiger partial charge on any atom is 0.296 e. The molecule has 3 rings (SSSR count). The molecule has 0 radical (unpaired) electrons. The van der Waals surface area contributed by atoms with E-state index in [0.717, 1.165) is 28.1 Å². The van der Waals surface area contributed by atoms with Crippen LogP contribution in [-0.2, 0) is 0 Å². The molecule has 0 unspecified atom stereocenters. The Hall–Kier alpha value is -3.14. The number of nitro benzene ring substituents is 1. The van der Waals surface area contributed by atoms with E-state index >= 15 is 0 Å². The number of para-hydroxylation sites is 1. The first-order chi connectivity index (χ1) is 15.0. The summed E-state index contributed by atoms with van der Waals surface area (Å²) in [5.74, 6) is -0.791. The van der Waals surface area contributed by atoms with Gasteiger partial charge in [-0.25, -0.2) is 14.4 Å². The third-order valence-electron chi connectivity index (χ3n) is 4.98. The van der Waals surface area contributed by atoms with Gasteiger partial charge in [-0.15, -0.1) is 0 Å². The average molecular weight is 504 g/mol. The number of rotatable bonds is 6. The van der Waals surface area contributed by atoms with Crippen LogP contribution >= 0.6 is 15.9 Å². The van der Waals surface area contributed by atoms with Crippen molar-refractivity contribution in [1.29, 1.82) is 0 Å². The second kappa shape index (κ2) is 9.15. The van der Waals surface area contributed by atoms with Crippen LogP contribution in [-0.4, -0.2) is 19.5 Å². The molecule has 1 N–H and O–H groups in total. The van der Waals surface area contributed by atoms with Crippen LogP contribution in [0.15, 0.2) is 39.9 Å². The largest absolute Gasteiger partial charge is 0.347 e. The van der Waals surface area contributed by atoms with Crippen molar-refractivity contribution in [2.45, 2.75) is 46.5 Å². The molecule has 1 aromatic carbocycles. The molecule has 168 valence electrons. The summed E-state index contributed by atoms with van der Waals surface area (Å²) < 4.78 is 16.2. The molecule has 0 saturated heterocycles. The summed E-state index contributed by atoms with van der Waals surface area (Å²) in [7, 11) is 0. The Morgan fingerprint density at radius 3 is 2.25 bits per heavy atom. The normalized spacial score (nSPS) is 11.3. The fourth-order valence-electron chi connectivity index (χ4n) is 3.50. The quantitative estimate of drug-likeness (QED) is 0.340. The number of halogens is 2. The molecule has 2 heterocycles. The van der Waals surface area contributed by atoms with E-state index in [9.17, 15) is 19.3 Å². The maximum atomic E-state index is 14.7. The van der Waals surface area contributed by atoms with Crippen LogP contribution in [0.2, 0.25) is 0 Å². The van der Waals surface area contributed by atoms with Gasteiger partial charge < -0.3 is 5.32 Å². The first-order valence-corrected chi connectivity index (χ1v) is 10.8. The summed E-state index contributed by atoms with van der Waals surface area (Å²) in [6.07, 6.45) is 1.49. The van der Waals surface area contributed by atoms with E-state index in [1.807, 2.05) is 27.7 Å². The van der Waals surface area contributed by atoms with Gasteiger partial charge in [0.05, 0.1) is 22.0 Å². The lowest BCUT2D eigenvalue weighted by Gasteiger charge is -2.20. The summed E-state index contributed by atoms with van der Waals surface area (Å²) in [5, 5.41) is 14.7. The highest BCUT2D eigenvalue weighted by Crippen LogP contribution is 2.34. The molecule has 0 aliphatic carbocycles. The van der Waals surface area contributed by atoms with Crippen LogP contribution in [0.25, 0.3) is 5.69 Å². The van der Waals surface area contributed by atoms with Crippen molar-refractivity contribution >= 4 is 33.0 Å². The van der Waals surface area contributed by atoms with Gasteiger partial charge in [0.25, 0.3) is 11.2 Å². The van der Waals surface area contributed by atoms with Gasteiger partial charge in [0.2, 0.25) is 0 Å². The first-order valence-electron chi connectivity index (χ1n) is 10.0. The van der Waals surface area contributed by atoms with Gasteiger partial charge >= 0.3 is 0 Å². The molecule has 0 atom stereocenters. The Morgan fingerprint density at radius 2 is 1.72 bits per heavy atom. The van der Waals surface area contributed by atoms with E-state index in [1.165, 1.54) is 12.4 Å². The third kappa shape index (κ3) is 4.27. The molecule has 8 nitrogen and oxygen atoms in total. The zero-order chi connectivity index (χ0) is 23.7. The zero-order valence-corrected chi connectivity index (χ0v) is 19.9. The van der Waals surface area contributed by atoms with Crippen LogP contribution in [0.5, 0.6) is 0 Å². The van der Waals surface area contributed by atoms with Crippen LogP contribution in [0.1, 0.15) is 56.6 Å². The number of nitro groups is 1. The zero-order valence-electron chi connectivity index (χ0n) is 18.3. The summed E-state index contributed by atoms with van der Waals surface area (Å²) in [4.78, 5) is 33.1. The van der Waals surface area contributed by atoms with Crippen molar-refractivity contribution in [3.63, 3.8) is 0 Å². The van der Waals surface area contributed by atoms with Gasteiger partial charge in [0.15, 0.2) is 11.5 Å². The first kappa shape index (κ1) is 23.5. The van der Waals surface area contributed by atoms with Gasteiger partial charge in [-0.3, -0.25) is 19.5 Å². The number of nitrogens with one attached hydrogen (secondary N) is 1. The molecule has 0 amide bonds. The molecule has 10 heteroatoms. The summed E-state index contributed by atoms with van der Waals surface area (Å²) in [6.45, 7) is 9.48. The van der Waals surface area contributed by atoms with E-state index in [2.05, 4.69) is 31.2 Å². The molecule has 2 aromatic heterocycles. The van der Waals surface area contributed by atoms with E-state index in [0.29, 0.717) is 15.9 Å². The molecule has 0 bridgehead atoms. The highest BCUT2D eigenvalue weighted by atomic mass is 79.9. The van der Waals surface area contributed by atoms with E-state index in [-0.39, 0.29) is 17.5 Å². The summed E-state index contributed by atoms with van der Waals surface area (Å²) in [5.41, 5.74) is 0.917. The van der Waals surface area contributed by atoms with Crippen molar-refractivity contribution in [2.75, 3.05) is 5.32 Å². The summed E-state index contributed by atoms with van der Waals surface area (Å²) in [6, 6.07) is 5.09. The lowest BCUT2D eigenvalue weighted by molar-refractivity contribution is -0.384. The Bertz CT molecular complexity index is 1230. The molecule has 0 aliphatic heterocycles. The fourth-order valence-corrected chi connectivity index (χ4v) is 4.10. The van der Waals surface area contributed by atoms with Crippen LogP contribution < -0.4 is 10.9 Å². The Morgan fingerprint density at radius 1 is 1.12 bits per heavy atom. The minimum Gasteiger partial charge on any atom is -0.347 e. The standard InChI is InChI=1S/C22H23BrFN5O3/c1-11(2)17-20(18(12(3)4)26-10-25-17)27-19-14(23)9-13(5)28(22(19)30)21-15(24)7-6-8-16(21)29(31)32/h6-12,27H,1-5H3. The van der Waals surface area contributed by atoms with Gasteiger partial charge in [-0.05, 0) is 46.8 Å². The maximum absolute atomic E-state index is 14.7. The van der Waals surface area contributed by atoms with Crippen molar-refractivity contribution in [3.05, 3.63) is 78.4 Å². The number of aryl methyl sites for hydroxylation is 1. The smallest absolute Gasteiger partial charge is 0.296 e. The SMILES string of the molecule is Cc1cc(Br)c(Nc2c(C(C)C)ncnc2C(C)C)c(=O)n1-c1c(F)cccc1[N+](=O)[O-]. The van der Waals surface area contributed by atoms with E-state index in [4.69, 9.17) is 0 Å². The second-order valence-corrected chi connectivity index (χ2v) is 8.82. The summed E-state index contributed by atoms with van der Waals surface area (Å²) >= 11 is 3.41. The van der Waals surface area contributed by atoms with Crippen molar-refractivity contribution in [2.24, 2.45) is 0 Å². The molecule has 3 aromatic rings. The molecule has 0 aliphatic rings. The second-order valence-electron chi connectivity index (χ2n) is 7.97. The Kier molecular flexibility index (Phi) is 6.73. The number of nitrogens with zero attached hydrogens (tertiary/aromatic N) is 4. The molecule has 0 saturated carbocycles.